The van der Waals surface area contributed by atoms with Crippen molar-refractivity contribution in [2.24, 2.45) is 0 Å². The van der Waals surface area contributed by atoms with Crippen molar-refractivity contribution in [2.45, 2.75) is 64.7 Å². The second-order valence-corrected chi connectivity index (χ2v) is 12.4. The van der Waals surface area contributed by atoms with Crippen LogP contribution in [0.15, 0.2) is 88.2 Å². The first-order valence-corrected chi connectivity index (χ1v) is 14.1. The minimum Gasteiger partial charge on any atom is -0.347 e. The summed E-state index contributed by atoms with van der Waals surface area (Å²) in [6, 6.07) is 10.2. The van der Waals surface area contributed by atoms with Crippen molar-refractivity contribution in [3.8, 4) is 0 Å². The maximum absolute atomic E-state index is 11.4. The summed E-state index contributed by atoms with van der Waals surface area (Å²) in [6.07, 6.45) is 11.1. The van der Waals surface area contributed by atoms with Crippen LogP contribution in [0.2, 0.25) is 0 Å². The number of nitro groups is 2. The van der Waals surface area contributed by atoms with Gasteiger partial charge in [-0.25, -0.2) is 0 Å². The van der Waals surface area contributed by atoms with Gasteiger partial charge < -0.3 is 4.90 Å². The molecule has 2 aromatic rings. The zero-order valence-corrected chi connectivity index (χ0v) is 25.0. The van der Waals surface area contributed by atoms with Crippen LogP contribution in [0.5, 0.6) is 0 Å². The van der Waals surface area contributed by atoms with E-state index in [0.29, 0.717) is 0 Å². The van der Waals surface area contributed by atoms with Gasteiger partial charge in [-0.05, 0) is 83.4 Å². The number of anilines is 1. The predicted octanol–water partition coefficient (Wildman–Crippen LogP) is 9.04. The lowest BCUT2D eigenvalue weighted by atomic mass is 9.80. The molecule has 8 heteroatoms. The summed E-state index contributed by atoms with van der Waals surface area (Å²) in [5.41, 5.74) is 8.78. The van der Waals surface area contributed by atoms with Crippen molar-refractivity contribution in [3.63, 3.8) is 0 Å². The van der Waals surface area contributed by atoms with Crippen LogP contribution in [-0.2, 0) is 10.8 Å². The molecule has 2 aliphatic carbocycles. The first-order chi connectivity index (χ1) is 19.2. The molecule has 0 bridgehead atoms. The third-order valence-electron chi connectivity index (χ3n) is 8.95. The average molecular weight is 572 g/mol. The fourth-order valence-electron chi connectivity index (χ4n) is 6.59. The van der Waals surface area contributed by atoms with Gasteiger partial charge in [0.2, 0.25) is 0 Å². The smallest absolute Gasteiger partial charge is 0.269 e. The number of fused-ring (bicyclic) bond motifs is 2. The lowest BCUT2D eigenvalue weighted by Gasteiger charge is -2.24. The molecule has 1 aliphatic heterocycles. The highest BCUT2D eigenvalue weighted by molar-refractivity contribution is 6.32. The van der Waals surface area contributed by atoms with Gasteiger partial charge in [0.25, 0.3) is 11.4 Å². The Hall–Kier alpha value is -3.97. The summed E-state index contributed by atoms with van der Waals surface area (Å²) < 4.78 is 0. The molecule has 0 amide bonds. The molecular formula is C33H34ClN3O4. The van der Waals surface area contributed by atoms with Gasteiger partial charge in [-0.1, -0.05) is 57.5 Å². The van der Waals surface area contributed by atoms with Crippen LogP contribution in [0, 0.1) is 20.2 Å². The lowest BCUT2D eigenvalue weighted by Crippen LogP contribution is -2.22. The minimum absolute atomic E-state index is 0.0941. The molecule has 3 aliphatic rings. The zero-order chi connectivity index (χ0) is 29.9. The normalized spacial score (nSPS) is 21.3. The Morgan fingerprint density at radius 2 is 1.51 bits per heavy atom. The van der Waals surface area contributed by atoms with E-state index < -0.39 is 5.41 Å². The van der Waals surface area contributed by atoms with E-state index in [4.69, 9.17) is 11.6 Å². The molecule has 5 rings (SSSR count). The quantitative estimate of drug-likeness (QED) is 0.264. The average Bonchev–Trinajstić information content (AvgIpc) is 3.24. The molecule has 0 spiro atoms. The van der Waals surface area contributed by atoms with Crippen LogP contribution in [0.3, 0.4) is 0 Å². The number of allylic oxidation sites excluding steroid dienone is 10. The summed E-state index contributed by atoms with van der Waals surface area (Å²) in [5, 5.41) is 23.5. The van der Waals surface area contributed by atoms with Crippen molar-refractivity contribution in [2.75, 3.05) is 11.9 Å². The van der Waals surface area contributed by atoms with Gasteiger partial charge in [0.05, 0.1) is 9.85 Å². The summed E-state index contributed by atoms with van der Waals surface area (Å²) in [6.45, 7) is 10.4. The Bertz CT molecular complexity index is 1660. The number of non-ortho nitro benzene ring substituents is 2. The zero-order valence-electron chi connectivity index (χ0n) is 24.2. The number of nitrogens with zero attached hydrogens (tertiary/aromatic N) is 3. The summed E-state index contributed by atoms with van der Waals surface area (Å²) in [7, 11) is 1.99. The Kier molecular flexibility index (Phi) is 7.06. The molecule has 0 N–H and O–H groups in total. The molecule has 0 aromatic heterocycles. The number of halogens is 1. The molecule has 0 saturated heterocycles. The standard InChI is InChI=1S/C33H34ClN3O4/c1-20-25-14-12-23(36(38)39)18-27(25)32(2,3)26(20)15-10-21-8-7-9-22(31(21)34)11-17-30-33(4,5)28-19-24(37(40)41)13-16-29(28)35(30)6/h10-19H,7-9H2,1-6H3/b15-10+,22-11+,30-17+. The molecule has 212 valence electrons. The second-order valence-electron chi connectivity index (χ2n) is 12.1. The summed E-state index contributed by atoms with van der Waals surface area (Å²) in [5.74, 6) is 0. The van der Waals surface area contributed by atoms with Crippen LogP contribution >= 0.6 is 11.6 Å². The van der Waals surface area contributed by atoms with E-state index in [1.807, 2.05) is 19.2 Å². The highest BCUT2D eigenvalue weighted by Gasteiger charge is 2.39. The Balaban J connectivity index is 1.45. The molecule has 0 fully saturated rings. The Morgan fingerprint density at radius 1 is 0.878 bits per heavy atom. The van der Waals surface area contributed by atoms with Crippen LogP contribution in [0.1, 0.15) is 70.6 Å². The maximum Gasteiger partial charge on any atom is 0.269 e. The van der Waals surface area contributed by atoms with E-state index in [1.165, 1.54) is 0 Å². The number of hydrogen-bond acceptors (Lipinski definition) is 5. The Morgan fingerprint density at radius 3 is 2.17 bits per heavy atom. The third-order valence-corrected chi connectivity index (χ3v) is 9.43. The van der Waals surface area contributed by atoms with Gasteiger partial charge >= 0.3 is 0 Å². The van der Waals surface area contributed by atoms with E-state index in [2.05, 4.69) is 63.8 Å². The van der Waals surface area contributed by atoms with Gasteiger partial charge in [0, 0.05) is 58.6 Å². The van der Waals surface area contributed by atoms with Gasteiger partial charge in [-0.15, -0.1) is 0 Å². The predicted molar refractivity (Wildman–Crippen MR) is 165 cm³/mol. The van der Waals surface area contributed by atoms with Gasteiger partial charge in [0.1, 0.15) is 0 Å². The van der Waals surface area contributed by atoms with Crippen molar-refractivity contribution in [1.29, 1.82) is 0 Å². The topological polar surface area (TPSA) is 89.5 Å². The molecule has 0 saturated carbocycles. The Labute approximate surface area is 245 Å². The van der Waals surface area contributed by atoms with Crippen molar-refractivity contribution < 1.29 is 9.85 Å². The first kappa shape index (κ1) is 28.6. The van der Waals surface area contributed by atoms with E-state index in [0.717, 1.165) is 74.7 Å². The molecule has 7 nitrogen and oxygen atoms in total. The molecule has 41 heavy (non-hydrogen) atoms. The molecule has 0 atom stereocenters. The highest BCUT2D eigenvalue weighted by atomic mass is 35.5. The first-order valence-electron chi connectivity index (χ1n) is 13.8. The van der Waals surface area contributed by atoms with Crippen LogP contribution in [0.4, 0.5) is 17.1 Å². The van der Waals surface area contributed by atoms with Crippen LogP contribution < -0.4 is 4.90 Å². The number of hydrogen-bond donors (Lipinski definition) is 0. The molecule has 1 heterocycles. The monoisotopic (exact) mass is 571 g/mol. The van der Waals surface area contributed by atoms with E-state index in [1.54, 1.807) is 24.3 Å². The number of rotatable bonds is 5. The van der Waals surface area contributed by atoms with Crippen LogP contribution in [-0.4, -0.2) is 16.9 Å². The number of likely N-dealkylation sites (N-methyl/N-ethyl adjacent to an activating group) is 1. The number of nitro benzene ring substituents is 2. The fraction of sp³-hybridized carbons (Fsp3) is 0.333. The minimum atomic E-state index is -0.400. The fourth-order valence-corrected chi connectivity index (χ4v) is 6.91. The molecular weight excluding hydrogens is 538 g/mol. The van der Waals surface area contributed by atoms with Gasteiger partial charge in [-0.3, -0.25) is 20.2 Å². The second kappa shape index (κ2) is 10.1. The third kappa shape index (κ3) is 4.72. The molecule has 2 aromatic carbocycles. The van der Waals surface area contributed by atoms with Gasteiger partial charge in [-0.2, -0.15) is 0 Å². The molecule has 0 unspecified atom stereocenters. The summed E-state index contributed by atoms with van der Waals surface area (Å²) >= 11 is 6.98. The number of benzene rings is 2. The largest absolute Gasteiger partial charge is 0.347 e. The van der Waals surface area contributed by atoms with Crippen molar-refractivity contribution >= 4 is 34.2 Å². The van der Waals surface area contributed by atoms with Crippen LogP contribution in [0.25, 0.3) is 5.57 Å². The van der Waals surface area contributed by atoms with E-state index in [-0.39, 0.29) is 26.6 Å². The van der Waals surface area contributed by atoms with Gasteiger partial charge in [0.15, 0.2) is 0 Å². The molecule has 0 radical (unpaired) electrons. The highest BCUT2D eigenvalue weighted by Crippen LogP contribution is 2.49. The summed E-state index contributed by atoms with van der Waals surface area (Å²) in [4.78, 5) is 24.2. The van der Waals surface area contributed by atoms with E-state index >= 15 is 0 Å². The maximum atomic E-state index is 11.4. The SMILES string of the molecule is CC1=C(/C=C/C2=C(Cl)C(=C/C=C3/N(C)c4ccc([N+](=O)[O-])cc4C3(C)C)/CCC2)C(C)(C)c2cc([N+](=O)[O-])ccc21. The lowest BCUT2D eigenvalue weighted by molar-refractivity contribution is -0.385. The van der Waals surface area contributed by atoms with Crippen molar-refractivity contribution in [1.82, 2.24) is 0 Å². The van der Waals surface area contributed by atoms with Crippen molar-refractivity contribution in [3.05, 3.63) is 125 Å². The van der Waals surface area contributed by atoms with E-state index in [9.17, 15) is 20.2 Å².